The summed E-state index contributed by atoms with van der Waals surface area (Å²) in [6.07, 6.45) is 3.28. The molecule has 18 heteroatoms. The lowest BCUT2D eigenvalue weighted by atomic mass is 9.80. The summed E-state index contributed by atoms with van der Waals surface area (Å²) in [5, 5.41) is 38.0. The van der Waals surface area contributed by atoms with E-state index >= 15 is 0 Å². The molecule has 0 fully saturated rings. The van der Waals surface area contributed by atoms with E-state index in [-0.39, 0.29) is 38.3 Å². The standard InChI is InChI=1S/C55H60N6O12/c1-6-7-8-12-33-71-52-36-44(23-28-47(52)57-59-49-38-50(69-4)48(37-51(49)70-5)58-56-42-19-21-43(22-20-42)61(65)66)60(31-34-72-54(64)30-29-53(62)63)32-35-73-55(39-13-10-9-11-14-39,40-15-24-45(67-2)25-16-40)41-17-26-46(68-3)27-18-41/h9-11,13-28,36-38H,6-8,12,29-35H2,1-5H3,(H,62,63). The molecule has 0 aliphatic carbocycles. The Balaban J connectivity index is 1.35. The van der Waals surface area contributed by atoms with Gasteiger partial charge in [-0.2, -0.15) is 5.11 Å². The first kappa shape index (κ1) is 54.0. The van der Waals surface area contributed by atoms with Gasteiger partial charge in [-0.3, -0.25) is 19.7 Å². The zero-order chi connectivity index (χ0) is 52.0. The molecule has 0 atom stereocenters. The molecule has 382 valence electrons. The Bertz CT molecular complexity index is 2740. The first-order chi connectivity index (χ1) is 35.5. The van der Waals surface area contributed by atoms with Crippen molar-refractivity contribution in [3.8, 4) is 28.7 Å². The van der Waals surface area contributed by atoms with Gasteiger partial charge in [0.05, 0.1) is 71.7 Å². The Hall–Kier alpha value is -8.38. The fourth-order valence-corrected chi connectivity index (χ4v) is 7.79. The van der Waals surface area contributed by atoms with Crippen LogP contribution in [0.1, 0.15) is 62.1 Å². The van der Waals surface area contributed by atoms with E-state index in [0.29, 0.717) is 70.3 Å². The number of nitro benzene ring substituents is 1. The Morgan fingerprint density at radius 1 is 0.603 bits per heavy atom. The number of azo groups is 2. The molecule has 0 spiro atoms. The molecule has 0 saturated carbocycles. The Morgan fingerprint density at radius 2 is 1.18 bits per heavy atom. The van der Waals surface area contributed by atoms with Crippen LogP contribution in [0.15, 0.2) is 154 Å². The van der Waals surface area contributed by atoms with Crippen LogP contribution in [-0.4, -0.2) is 83.3 Å². The molecule has 1 N–H and O–H groups in total. The lowest BCUT2D eigenvalue weighted by molar-refractivity contribution is -0.384. The van der Waals surface area contributed by atoms with Crippen LogP contribution in [0.4, 0.5) is 34.1 Å². The molecular formula is C55H60N6O12. The number of aliphatic carboxylic acids is 1. The van der Waals surface area contributed by atoms with Gasteiger partial charge >= 0.3 is 11.9 Å². The summed E-state index contributed by atoms with van der Waals surface area (Å²) in [7, 11) is 6.20. The number of carbonyl (C=O) groups excluding carboxylic acids is 1. The first-order valence-corrected chi connectivity index (χ1v) is 23.7. The maximum absolute atomic E-state index is 12.6. The summed E-state index contributed by atoms with van der Waals surface area (Å²) < 4.78 is 41.6. The summed E-state index contributed by atoms with van der Waals surface area (Å²) in [6, 6.07) is 39.8. The fraction of sp³-hybridized carbons (Fsp3) is 0.309. The van der Waals surface area contributed by atoms with Crippen LogP contribution < -0.4 is 28.6 Å². The molecule has 18 nitrogen and oxygen atoms in total. The zero-order valence-corrected chi connectivity index (χ0v) is 41.6. The van der Waals surface area contributed by atoms with E-state index in [1.165, 1.54) is 38.5 Å². The largest absolute Gasteiger partial charge is 0.497 e. The molecule has 0 saturated heterocycles. The van der Waals surface area contributed by atoms with Crippen molar-refractivity contribution in [3.63, 3.8) is 0 Å². The Morgan fingerprint density at radius 3 is 1.74 bits per heavy atom. The van der Waals surface area contributed by atoms with Gasteiger partial charge in [0, 0.05) is 42.6 Å². The number of nitrogens with zero attached hydrogens (tertiary/aromatic N) is 6. The van der Waals surface area contributed by atoms with Gasteiger partial charge in [0.1, 0.15) is 58.0 Å². The molecule has 73 heavy (non-hydrogen) atoms. The number of methoxy groups -OCH3 is 4. The van der Waals surface area contributed by atoms with E-state index < -0.39 is 22.5 Å². The minimum atomic E-state index is -1.11. The van der Waals surface area contributed by atoms with E-state index in [9.17, 15) is 24.8 Å². The highest BCUT2D eigenvalue weighted by Gasteiger charge is 2.38. The fourth-order valence-electron chi connectivity index (χ4n) is 7.79. The van der Waals surface area contributed by atoms with Crippen LogP contribution in [0.2, 0.25) is 0 Å². The van der Waals surface area contributed by atoms with Gasteiger partial charge in [-0.1, -0.05) is 80.8 Å². The number of rotatable bonds is 29. The molecule has 0 aromatic heterocycles. The van der Waals surface area contributed by atoms with Crippen molar-refractivity contribution < 1.29 is 52.8 Å². The number of anilines is 1. The van der Waals surface area contributed by atoms with Crippen molar-refractivity contribution >= 4 is 46.1 Å². The maximum Gasteiger partial charge on any atom is 0.306 e. The molecule has 6 aromatic rings. The van der Waals surface area contributed by atoms with Crippen LogP contribution in [0.3, 0.4) is 0 Å². The van der Waals surface area contributed by atoms with Crippen molar-refractivity contribution in [2.24, 2.45) is 20.5 Å². The normalized spacial score (nSPS) is 11.4. The average Bonchev–Trinajstić information content (AvgIpc) is 3.42. The van der Waals surface area contributed by atoms with E-state index in [1.807, 2.05) is 95.9 Å². The van der Waals surface area contributed by atoms with Gasteiger partial charge in [0.25, 0.3) is 5.69 Å². The number of benzene rings is 6. The lowest BCUT2D eigenvalue weighted by Gasteiger charge is -2.37. The van der Waals surface area contributed by atoms with Gasteiger partial charge in [-0.25, -0.2) is 0 Å². The van der Waals surface area contributed by atoms with Crippen molar-refractivity contribution in [2.75, 3.05) is 66.2 Å². The van der Waals surface area contributed by atoms with E-state index in [0.717, 1.165) is 42.4 Å². The van der Waals surface area contributed by atoms with Gasteiger partial charge in [0.2, 0.25) is 0 Å². The molecule has 6 aromatic carbocycles. The number of nitro groups is 1. The molecule has 0 aliphatic heterocycles. The second-order valence-electron chi connectivity index (χ2n) is 16.4. The minimum absolute atomic E-state index is 0.0427. The minimum Gasteiger partial charge on any atom is -0.497 e. The Kier molecular flexibility index (Phi) is 20.2. The van der Waals surface area contributed by atoms with E-state index in [4.69, 9.17) is 33.2 Å². The second kappa shape index (κ2) is 27.3. The monoisotopic (exact) mass is 996 g/mol. The molecular weight excluding hydrogens is 937 g/mol. The van der Waals surface area contributed by atoms with Crippen molar-refractivity contribution in [1.82, 2.24) is 0 Å². The number of esters is 1. The Labute approximate surface area is 424 Å². The number of carbonyl (C=O) groups is 2. The summed E-state index contributed by atoms with van der Waals surface area (Å²) in [6.45, 7) is 3.19. The predicted molar refractivity (Wildman–Crippen MR) is 275 cm³/mol. The molecule has 0 aliphatic rings. The topological polar surface area (TPSA) is 215 Å². The van der Waals surface area contributed by atoms with E-state index in [1.54, 1.807) is 32.4 Å². The van der Waals surface area contributed by atoms with Crippen LogP contribution in [0.5, 0.6) is 28.7 Å². The zero-order valence-electron chi connectivity index (χ0n) is 41.6. The first-order valence-electron chi connectivity index (χ1n) is 23.7. The van der Waals surface area contributed by atoms with Gasteiger partial charge in [-0.05, 0) is 71.6 Å². The van der Waals surface area contributed by atoms with Crippen molar-refractivity contribution in [2.45, 2.75) is 51.0 Å². The van der Waals surface area contributed by atoms with Crippen LogP contribution in [0, 0.1) is 10.1 Å². The lowest BCUT2D eigenvalue weighted by Crippen LogP contribution is -2.37. The van der Waals surface area contributed by atoms with Gasteiger partial charge in [0.15, 0.2) is 0 Å². The molecule has 0 radical (unpaired) electrons. The summed E-state index contributed by atoms with van der Waals surface area (Å²) in [5.74, 6) is 0.740. The third-order valence-corrected chi connectivity index (χ3v) is 11.7. The summed E-state index contributed by atoms with van der Waals surface area (Å²) >= 11 is 0. The predicted octanol–water partition coefficient (Wildman–Crippen LogP) is 12.6. The highest BCUT2D eigenvalue weighted by Crippen LogP contribution is 2.44. The van der Waals surface area contributed by atoms with Crippen molar-refractivity contribution in [1.29, 1.82) is 0 Å². The van der Waals surface area contributed by atoms with Gasteiger partial charge < -0.3 is 43.2 Å². The summed E-state index contributed by atoms with van der Waals surface area (Å²) in [4.78, 5) is 36.5. The van der Waals surface area contributed by atoms with Gasteiger partial charge in [-0.15, -0.1) is 15.3 Å². The van der Waals surface area contributed by atoms with Crippen molar-refractivity contribution in [3.05, 3.63) is 160 Å². The molecule has 0 heterocycles. The molecule has 0 bridgehead atoms. The number of carboxylic acids is 1. The third-order valence-electron chi connectivity index (χ3n) is 11.7. The summed E-state index contributed by atoms with van der Waals surface area (Å²) in [5.41, 5.74) is 3.58. The SMILES string of the molecule is CCCCCCOc1cc(N(CCOC(=O)CCC(=O)O)CCOC(c2ccccc2)(c2ccc(OC)cc2)c2ccc(OC)cc2)ccc1N=Nc1cc(OC)c(N=Nc2ccc([N+](=O)[O-])cc2)cc1OC. The molecule has 6 rings (SSSR count). The highest BCUT2D eigenvalue weighted by molar-refractivity contribution is 5.76. The molecule has 0 amide bonds. The van der Waals surface area contributed by atoms with Crippen LogP contribution >= 0.6 is 0 Å². The molecule has 0 unspecified atom stereocenters. The number of carboxylic acid groups (broad SMARTS) is 1. The number of hydrogen-bond acceptors (Lipinski definition) is 16. The number of non-ortho nitro benzene ring substituents is 1. The maximum atomic E-state index is 12.6. The highest BCUT2D eigenvalue weighted by atomic mass is 16.6. The number of ether oxygens (including phenoxy) is 7. The van der Waals surface area contributed by atoms with Crippen LogP contribution in [0.25, 0.3) is 0 Å². The smallest absolute Gasteiger partial charge is 0.306 e. The average molecular weight is 997 g/mol. The number of hydrogen-bond donors (Lipinski definition) is 1. The third kappa shape index (κ3) is 14.8. The number of unbranched alkanes of at least 4 members (excludes halogenated alkanes) is 3. The van der Waals surface area contributed by atoms with Crippen LogP contribution in [-0.2, 0) is 24.7 Å². The van der Waals surface area contributed by atoms with E-state index in [2.05, 4.69) is 27.4 Å². The second-order valence-corrected chi connectivity index (χ2v) is 16.4. The quantitative estimate of drug-likeness (QED) is 0.0116.